The number of aliphatic hydroxyl groups excluding tert-OH is 1. The molecule has 1 N–H and O–H groups in total. The smallest absolute Gasteiger partial charge is 0.126 e. The monoisotopic (exact) mass is 212 g/mol. The summed E-state index contributed by atoms with van der Waals surface area (Å²) in [6.45, 7) is 1.97. The highest BCUT2D eigenvalue weighted by Gasteiger charge is 2.44. The Bertz CT molecular complexity index is 372. The van der Waals surface area contributed by atoms with Crippen molar-refractivity contribution in [3.63, 3.8) is 0 Å². The molecule has 0 spiro atoms. The molecule has 1 aliphatic carbocycles. The number of halogens is 2. The summed E-state index contributed by atoms with van der Waals surface area (Å²) in [5.41, 5.74) is 0.175. The lowest BCUT2D eigenvalue weighted by molar-refractivity contribution is 0.102. The van der Waals surface area contributed by atoms with Gasteiger partial charge in [-0.15, -0.1) is 0 Å². The van der Waals surface area contributed by atoms with Gasteiger partial charge in [0.1, 0.15) is 11.6 Å². The molecule has 1 unspecified atom stereocenters. The van der Waals surface area contributed by atoms with Crippen LogP contribution in [0.4, 0.5) is 8.78 Å². The van der Waals surface area contributed by atoms with E-state index in [4.69, 9.17) is 0 Å². The third kappa shape index (κ3) is 2.17. The summed E-state index contributed by atoms with van der Waals surface area (Å²) in [5.74, 6) is -0.903. The summed E-state index contributed by atoms with van der Waals surface area (Å²) in [5, 5.41) is 9.83. The normalized spacial score (nSPS) is 20.0. The van der Waals surface area contributed by atoms with Crippen LogP contribution in [0.15, 0.2) is 18.2 Å². The molecule has 0 aromatic heterocycles. The first-order chi connectivity index (χ1) is 7.01. The first-order valence-corrected chi connectivity index (χ1v) is 5.13. The molecule has 0 heterocycles. The molecule has 0 radical (unpaired) electrons. The summed E-state index contributed by atoms with van der Waals surface area (Å²) >= 11 is 0. The molecular weight excluding hydrogens is 198 g/mol. The van der Waals surface area contributed by atoms with Gasteiger partial charge >= 0.3 is 0 Å². The standard InChI is InChI=1S/C12H14F2O/c1-12(4-5-12)11(15)7-8-6-9(13)2-3-10(8)14/h2-3,6,11,15H,4-5,7H2,1H3. The summed E-state index contributed by atoms with van der Waals surface area (Å²) in [7, 11) is 0. The maximum Gasteiger partial charge on any atom is 0.126 e. The van der Waals surface area contributed by atoms with Gasteiger partial charge < -0.3 is 5.11 Å². The van der Waals surface area contributed by atoms with Crippen LogP contribution in [-0.4, -0.2) is 11.2 Å². The summed E-state index contributed by atoms with van der Waals surface area (Å²) in [4.78, 5) is 0. The third-order valence-corrected chi connectivity index (χ3v) is 3.26. The maximum absolute atomic E-state index is 13.3. The largest absolute Gasteiger partial charge is 0.392 e. The van der Waals surface area contributed by atoms with Gasteiger partial charge in [0.25, 0.3) is 0 Å². The highest BCUT2D eigenvalue weighted by molar-refractivity contribution is 5.20. The summed E-state index contributed by atoms with van der Waals surface area (Å²) in [6.07, 6.45) is 1.55. The second-order valence-corrected chi connectivity index (χ2v) is 4.61. The maximum atomic E-state index is 13.3. The van der Waals surface area contributed by atoms with Gasteiger partial charge in [0.2, 0.25) is 0 Å². The molecular formula is C12H14F2O. The van der Waals surface area contributed by atoms with Gasteiger partial charge in [0, 0.05) is 6.42 Å². The van der Waals surface area contributed by atoms with Crippen molar-refractivity contribution in [1.29, 1.82) is 0 Å². The zero-order valence-electron chi connectivity index (χ0n) is 8.63. The topological polar surface area (TPSA) is 20.2 Å². The Kier molecular flexibility index (Phi) is 2.51. The molecule has 1 fully saturated rings. The van der Waals surface area contributed by atoms with Gasteiger partial charge in [-0.25, -0.2) is 8.78 Å². The van der Waals surface area contributed by atoms with E-state index in [-0.39, 0.29) is 17.4 Å². The predicted octanol–water partition coefficient (Wildman–Crippen LogP) is 2.67. The van der Waals surface area contributed by atoms with Crippen molar-refractivity contribution in [2.24, 2.45) is 5.41 Å². The molecule has 82 valence electrons. The minimum Gasteiger partial charge on any atom is -0.392 e. The van der Waals surface area contributed by atoms with Crippen LogP contribution in [0.2, 0.25) is 0 Å². The van der Waals surface area contributed by atoms with Crippen LogP contribution in [0, 0.1) is 17.0 Å². The highest BCUT2D eigenvalue weighted by Crippen LogP contribution is 2.48. The minimum absolute atomic E-state index is 0.0846. The van der Waals surface area contributed by atoms with Crippen LogP contribution in [-0.2, 0) is 6.42 Å². The second-order valence-electron chi connectivity index (χ2n) is 4.61. The average molecular weight is 212 g/mol. The number of rotatable bonds is 3. The van der Waals surface area contributed by atoms with E-state index >= 15 is 0 Å². The van der Waals surface area contributed by atoms with Crippen LogP contribution >= 0.6 is 0 Å². The first kappa shape index (κ1) is 10.6. The highest BCUT2D eigenvalue weighted by atomic mass is 19.1. The van der Waals surface area contributed by atoms with Crippen LogP contribution in [0.1, 0.15) is 25.3 Å². The van der Waals surface area contributed by atoms with Crippen molar-refractivity contribution in [3.8, 4) is 0 Å². The van der Waals surface area contributed by atoms with Gasteiger partial charge in [0.15, 0.2) is 0 Å². The molecule has 0 amide bonds. The zero-order valence-corrected chi connectivity index (χ0v) is 8.63. The van der Waals surface area contributed by atoms with E-state index in [9.17, 15) is 13.9 Å². The van der Waals surface area contributed by atoms with Crippen molar-refractivity contribution in [2.45, 2.75) is 32.3 Å². The minimum atomic E-state index is -0.575. The van der Waals surface area contributed by atoms with Gasteiger partial charge in [-0.1, -0.05) is 6.92 Å². The van der Waals surface area contributed by atoms with Gasteiger partial charge in [-0.2, -0.15) is 0 Å². The molecule has 0 bridgehead atoms. The fourth-order valence-corrected chi connectivity index (χ4v) is 1.68. The van der Waals surface area contributed by atoms with Crippen LogP contribution in [0.3, 0.4) is 0 Å². The molecule has 1 atom stereocenters. The van der Waals surface area contributed by atoms with Crippen molar-refractivity contribution >= 4 is 0 Å². The van der Waals surface area contributed by atoms with Crippen molar-refractivity contribution < 1.29 is 13.9 Å². The fourth-order valence-electron chi connectivity index (χ4n) is 1.68. The lowest BCUT2D eigenvalue weighted by Crippen LogP contribution is -2.22. The van der Waals surface area contributed by atoms with E-state index in [1.54, 1.807) is 0 Å². The van der Waals surface area contributed by atoms with Crippen molar-refractivity contribution in [3.05, 3.63) is 35.4 Å². The van der Waals surface area contributed by atoms with E-state index in [0.29, 0.717) is 0 Å². The molecule has 1 saturated carbocycles. The Balaban J connectivity index is 2.13. The van der Waals surface area contributed by atoms with Crippen LogP contribution < -0.4 is 0 Å². The molecule has 1 nitrogen and oxygen atoms in total. The van der Waals surface area contributed by atoms with E-state index in [2.05, 4.69) is 0 Å². The Labute approximate surface area is 87.7 Å². The van der Waals surface area contributed by atoms with Gasteiger partial charge in [-0.05, 0) is 42.0 Å². The van der Waals surface area contributed by atoms with E-state index in [1.807, 2.05) is 6.92 Å². The number of hydrogen-bond donors (Lipinski definition) is 1. The van der Waals surface area contributed by atoms with Gasteiger partial charge in [-0.3, -0.25) is 0 Å². The zero-order chi connectivity index (χ0) is 11.1. The summed E-state index contributed by atoms with van der Waals surface area (Å²) < 4.78 is 26.1. The Morgan fingerprint density at radius 2 is 2.07 bits per heavy atom. The van der Waals surface area contributed by atoms with Crippen molar-refractivity contribution in [2.75, 3.05) is 0 Å². The molecule has 3 heteroatoms. The molecule has 0 aliphatic heterocycles. The Morgan fingerprint density at radius 3 is 2.67 bits per heavy atom. The van der Waals surface area contributed by atoms with Crippen molar-refractivity contribution in [1.82, 2.24) is 0 Å². The number of benzene rings is 1. The fraction of sp³-hybridized carbons (Fsp3) is 0.500. The average Bonchev–Trinajstić information content (AvgIpc) is 2.91. The van der Waals surface area contributed by atoms with Crippen LogP contribution in [0.25, 0.3) is 0 Å². The first-order valence-electron chi connectivity index (χ1n) is 5.13. The quantitative estimate of drug-likeness (QED) is 0.816. The van der Waals surface area contributed by atoms with E-state index in [1.165, 1.54) is 0 Å². The van der Waals surface area contributed by atoms with E-state index in [0.717, 1.165) is 31.0 Å². The Morgan fingerprint density at radius 1 is 1.40 bits per heavy atom. The molecule has 1 aromatic rings. The third-order valence-electron chi connectivity index (χ3n) is 3.26. The number of hydrogen-bond acceptors (Lipinski definition) is 1. The van der Waals surface area contributed by atoms with Gasteiger partial charge in [0.05, 0.1) is 6.10 Å². The molecule has 1 aromatic carbocycles. The molecule has 1 aliphatic rings. The lowest BCUT2D eigenvalue weighted by Gasteiger charge is -2.17. The Hall–Kier alpha value is -0.960. The summed E-state index contributed by atoms with van der Waals surface area (Å²) in [6, 6.07) is 3.35. The molecule has 15 heavy (non-hydrogen) atoms. The second kappa shape index (κ2) is 3.56. The molecule has 2 rings (SSSR count). The molecule has 0 saturated heterocycles. The SMILES string of the molecule is CC1(C(O)Cc2cc(F)ccc2F)CC1. The van der Waals surface area contributed by atoms with Crippen LogP contribution in [0.5, 0.6) is 0 Å². The lowest BCUT2D eigenvalue weighted by atomic mass is 9.95. The van der Waals surface area contributed by atoms with E-state index < -0.39 is 17.7 Å². The predicted molar refractivity (Wildman–Crippen MR) is 53.4 cm³/mol. The number of aliphatic hydroxyl groups is 1.